The first-order valence-corrected chi connectivity index (χ1v) is 12.6. The van der Waals surface area contributed by atoms with Gasteiger partial charge in [-0.1, -0.05) is 38.4 Å². The summed E-state index contributed by atoms with van der Waals surface area (Å²) in [6.07, 6.45) is 1.07. The van der Waals surface area contributed by atoms with Gasteiger partial charge in [-0.05, 0) is 47.7 Å². The van der Waals surface area contributed by atoms with Crippen molar-refractivity contribution in [3.05, 3.63) is 51.4 Å². The number of fused-ring (bicyclic) bond motifs is 1. The number of carbonyl (C=O) groups excluding carboxylic acids is 1. The Morgan fingerprint density at radius 2 is 1.77 bits per heavy atom. The number of anilines is 2. The highest BCUT2D eigenvalue weighted by Crippen LogP contribution is 2.40. The third kappa shape index (κ3) is 5.14. The molecule has 0 aliphatic carbocycles. The molecule has 0 aliphatic heterocycles. The number of methoxy groups -OCH3 is 1. The average molecular weight is 481 g/mol. The molecule has 3 aromatic rings. The van der Waals surface area contributed by atoms with E-state index in [-0.39, 0.29) is 22.8 Å². The minimum Gasteiger partial charge on any atom is -0.492 e. The lowest BCUT2D eigenvalue weighted by Crippen LogP contribution is -2.18. The van der Waals surface area contributed by atoms with Crippen LogP contribution in [0.25, 0.3) is 10.1 Å². The van der Waals surface area contributed by atoms with Crippen LogP contribution in [-0.2, 0) is 15.4 Å². The molecule has 1 amide bonds. The number of aryl methyl sites for hydroxylation is 1. The van der Waals surface area contributed by atoms with Crippen molar-refractivity contribution >= 4 is 60.3 Å². The quantitative estimate of drug-likeness (QED) is 0.483. The number of nitrogens with one attached hydrogen (secondary N) is 2. The smallest absolute Gasteiger partial charge is 0.265 e. The van der Waals surface area contributed by atoms with Crippen molar-refractivity contribution in [2.75, 3.05) is 23.4 Å². The van der Waals surface area contributed by atoms with Crippen LogP contribution >= 0.6 is 22.9 Å². The summed E-state index contributed by atoms with van der Waals surface area (Å²) in [6.45, 7) is 7.97. The number of carbonyl (C=O) groups is 1. The Bertz CT molecular complexity index is 1240. The molecule has 9 heteroatoms. The van der Waals surface area contributed by atoms with Gasteiger partial charge in [0, 0.05) is 15.1 Å². The summed E-state index contributed by atoms with van der Waals surface area (Å²) in [5.74, 6) is -0.0894. The third-order valence-corrected chi connectivity index (χ3v) is 6.94. The lowest BCUT2D eigenvalue weighted by Gasteiger charge is -2.23. The van der Waals surface area contributed by atoms with E-state index in [1.807, 2.05) is 39.8 Å². The number of sulfonamides is 1. The highest BCUT2D eigenvalue weighted by atomic mass is 35.5. The zero-order chi connectivity index (χ0) is 23.1. The van der Waals surface area contributed by atoms with Crippen molar-refractivity contribution in [3.8, 4) is 5.75 Å². The van der Waals surface area contributed by atoms with E-state index in [4.69, 9.17) is 16.3 Å². The van der Waals surface area contributed by atoms with Crippen LogP contribution in [0, 0.1) is 6.92 Å². The second kappa shape index (κ2) is 8.33. The number of amides is 1. The first-order valence-electron chi connectivity index (χ1n) is 9.50. The van der Waals surface area contributed by atoms with Gasteiger partial charge in [-0.15, -0.1) is 11.3 Å². The number of hydrogen-bond acceptors (Lipinski definition) is 5. The molecule has 1 aromatic heterocycles. The second-order valence-corrected chi connectivity index (χ2v) is 11.6. The molecule has 0 saturated carbocycles. The first kappa shape index (κ1) is 23.4. The number of hydrogen-bond donors (Lipinski definition) is 2. The number of ether oxygens (including phenoxy) is 1. The molecule has 0 radical (unpaired) electrons. The normalized spacial score (nSPS) is 12.1. The largest absolute Gasteiger partial charge is 0.492 e. The Balaban J connectivity index is 2.09. The molecule has 2 N–H and O–H groups in total. The molecule has 0 fully saturated rings. The van der Waals surface area contributed by atoms with Crippen molar-refractivity contribution in [2.45, 2.75) is 33.1 Å². The molecule has 6 nitrogen and oxygen atoms in total. The van der Waals surface area contributed by atoms with Gasteiger partial charge in [0.15, 0.2) is 5.75 Å². The third-order valence-electron chi connectivity index (χ3n) is 4.75. The van der Waals surface area contributed by atoms with Crippen LogP contribution in [0.3, 0.4) is 0 Å². The Labute approximate surface area is 191 Å². The van der Waals surface area contributed by atoms with E-state index in [0.717, 1.165) is 27.5 Å². The standard InChI is InChI=1S/C22H25ClN2O4S2/c1-12-7-8-15(23)14-11-18(30-20(12)14)21(26)24-16-9-13(22(2,3)4)10-17(19(16)29-5)25-31(6,27)28/h7-11,25H,1-6H3,(H,24,26). The summed E-state index contributed by atoms with van der Waals surface area (Å²) in [4.78, 5) is 13.6. The fourth-order valence-corrected chi connectivity index (χ4v) is 5.04. The van der Waals surface area contributed by atoms with E-state index in [1.165, 1.54) is 18.4 Å². The zero-order valence-electron chi connectivity index (χ0n) is 18.2. The van der Waals surface area contributed by atoms with Crippen molar-refractivity contribution in [3.63, 3.8) is 0 Å². The predicted molar refractivity (Wildman–Crippen MR) is 130 cm³/mol. The van der Waals surface area contributed by atoms with E-state index in [2.05, 4.69) is 10.0 Å². The van der Waals surface area contributed by atoms with Gasteiger partial charge in [-0.25, -0.2) is 8.42 Å². The molecular weight excluding hydrogens is 456 g/mol. The van der Waals surface area contributed by atoms with Gasteiger partial charge < -0.3 is 10.1 Å². The fourth-order valence-electron chi connectivity index (χ4n) is 3.17. The van der Waals surface area contributed by atoms with Crippen LogP contribution in [0.2, 0.25) is 5.02 Å². The molecule has 2 aromatic carbocycles. The zero-order valence-corrected chi connectivity index (χ0v) is 20.6. The number of benzene rings is 2. The Hall–Kier alpha value is -2.29. The summed E-state index contributed by atoms with van der Waals surface area (Å²) in [5.41, 5.74) is 2.23. The Kier molecular flexibility index (Phi) is 6.28. The monoisotopic (exact) mass is 480 g/mol. The van der Waals surface area contributed by atoms with Gasteiger partial charge in [0.2, 0.25) is 10.0 Å². The maximum Gasteiger partial charge on any atom is 0.265 e. The minimum absolute atomic E-state index is 0.238. The van der Waals surface area contributed by atoms with E-state index in [0.29, 0.717) is 15.6 Å². The van der Waals surface area contributed by atoms with Gasteiger partial charge in [0.1, 0.15) is 0 Å². The summed E-state index contributed by atoms with van der Waals surface area (Å²) < 4.78 is 32.7. The van der Waals surface area contributed by atoms with E-state index < -0.39 is 10.0 Å². The molecule has 166 valence electrons. The van der Waals surface area contributed by atoms with Crippen LogP contribution in [0.5, 0.6) is 5.75 Å². The maximum absolute atomic E-state index is 13.1. The van der Waals surface area contributed by atoms with E-state index in [1.54, 1.807) is 18.2 Å². The number of thiophene rings is 1. The van der Waals surface area contributed by atoms with Crippen LogP contribution < -0.4 is 14.8 Å². The van der Waals surface area contributed by atoms with Gasteiger partial charge in [-0.2, -0.15) is 0 Å². The predicted octanol–water partition coefficient (Wildman–Crippen LogP) is 5.79. The fraction of sp³-hybridized carbons (Fsp3) is 0.318. The number of rotatable bonds is 5. The van der Waals surface area contributed by atoms with Gasteiger partial charge in [0.25, 0.3) is 5.91 Å². The average Bonchev–Trinajstić information content (AvgIpc) is 3.09. The molecule has 1 heterocycles. The lowest BCUT2D eigenvalue weighted by molar-refractivity contribution is 0.103. The van der Waals surface area contributed by atoms with Crippen LogP contribution in [-0.4, -0.2) is 27.7 Å². The van der Waals surface area contributed by atoms with Crippen molar-refractivity contribution in [1.82, 2.24) is 0 Å². The summed E-state index contributed by atoms with van der Waals surface area (Å²) >= 11 is 7.65. The highest BCUT2D eigenvalue weighted by molar-refractivity contribution is 7.92. The SMILES string of the molecule is COc1c(NC(=O)c2cc3c(Cl)ccc(C)c3s2)cc(C(C)(C)C)cc1NS(C)(=O)=O. The number of halogens is 1. The molecule has 3 rings (SSSR count). The Morgan fingerprint density at radius 3 is 2.32 bits per heavy atom. The van der Waals surface area contributed by atoms with Gasteiger partial charge in [-0.3, -0.25) is 9.52 Å². The van der Waals surface area contributed by atoms with E-state index >= 15 is 0 Å². The maximum atomic E-state index is 13.1. The molecule has 0 aliphatic rings. The summed E-state index contributed by atoms with van der Waals surface area (Å²) in [5, 5.41) is 4.30. The lowest BCUT2D eigenvalue weighted by atomic mass is 9.86. The summed E-state index contributed by atoms with van der Waals surface area (Å²) in [6, 6.07) is 9.02. The molecule has 31 heavy (non-hydrogen) atoms. The van der Waals surface area contributed by atoms with Crippen LogP contribution in [0.4, 0.5) is 11.4 Å². The van der Waals surface area contributed by atoms with Gasteiger partial charge >= 0.3 is 0 Å². The van der Waals surface area contributed by atoms with Crippen LogP contribution in [0.1, 0.15) is 41.6 Å². The van der Waals surface area contributed by atoms with Crippen molar-refractivity contribution < 1.29 is 17.9 Å². The molecule has 0 spiro atoms. The Morgan fingerprint density at radius 1 is 1.13 bits per heavy atom. The molecular formula is C22H25ClN2O4S2. The molecule has 0 bridgehead atoms. The summed E-state index contributed by atoms with van der Waals surface area (Å²) in [7, 11) is -2.12. The second-order valence-electron chi connectivity index (χ2n) is 8.40. The van der Waals surface area contributed by atoms with Crippen molar-refractivity contribution in [2.24, 2.45) is 0 Å². The van der Waals surface area contributed by atoms with Crippen molar-refractivity contribution in [1.29, 1.82) is 0 Å². The van der Waals surface area contributed by atoms with Gasteiger partial charge in [0.05, 0.1) is 29.6 Å². The topological polar surface area (TPSA) is 84.5 Å². The highest BCUT2D eigenvalue weighted by Gasteiger charge is 2.23. The van der Waals surface area contributed by atoms with E-state index in [9.17, 15) is 13.2 Å². The molecule has 0 unspecified atom stereocenters. The minimum atomic E-state index is -3.55. The first-order chi connectivity index (χ1) is 14.3. The van der Waals surface area contributed by atoms with Crippen LogP contribution in [0.15, 0.2) is 30.3 Å². The molecule has 0 saturated heterocycles. The molecule has 0 atom stereocenters.